The van der Waals surface area contributed by atoms with Crippen molar-refractivity contribution in [3.63, 3.8) is 0 Å². The molecule has 3 rings (SSSR count). The van der Waals surface area contributed by atoms with Gasteiger partial charge in [-0.25, -0.2) is 9.18 Å². The zero-order chi connectivity index (χ0) is 15.5. The number of phenolic OH excluding ortho intramolecular Hbond substituents is 1. The largest absolute Gasteiger partial charge is 0.508 e. The first-order chi connectivity index (χ1) is 10.6. The first-order valence-corrected chi connectivity index (χ1v) is 7.09. The van der Waals surface area contributed by atoms with E-state index in [-0.39, 0.29) is 18.9 Å². The summed E-state index contributed by atoms with van der Waals surface area (Å²) in [5.41, 5.74) is 2.09. The fourth-order valence-corrected chi connectivity index (χ4v) is 2.57. The number of hydrogen-bond acceptors (Lipinski definition) is 3. The minimum Gasteiger partial charge on any atom is -0.508 e. The molecule has 0 fully saturated rings. The highest BCUT2D eigenvalue weighted by molar-refractivity contribution is 5.68. The minimum absolute atomic E-state index is 0.0867. The Morgan fingerprint density at radius 1 is 1.27 bits per heavy atom. The predicted octanol–water partition coefficient (Wildman–Crippen LogP) is 3.23. The maximum atomic E-state index is 13.9. The highest BCUT2D eigenvalue weighted by Gasteiger charge is 2.24. The number of ether oxygens (including phenoxy) is 1. The van der Waals surface area contributed by atoms with E-state index in [1.165, 1.54) is 4.90 Å². The lowest BCUT2D eigenvalue weighted by Gasteiger charge is -2.28. The van der Waals surface area contributed by atoms with Gasteiger partial charge < -0.3 is 14.7 Å². The fourth-order valence-electron chi connectivity index (χ4n) is 2.57. The van der Waals surface area contributed by atoms with E-state index in [1.54, 1.807) is 6.07 Å². The molecule has 2 aromatic rings. The van der Waals surface area contributed by atoms with Gasteiger partial charge in [0.15, 0.2) is 0 Å². The Bertz CT molecular complexity index is 688. The number of hydrogen-bond donors (Lipinski definition) is 1. The van der Waals surface area contributed by atoms with Gasteiger partial charge in [-0.2, -0.15) is 0 Å². The number of nitrogens with zero attached hydrogens (tertiary/aromatic N) is 1. The van der Waals surface area contributed by atoms with Crippen molar-refractivity contribution >= 4 is 6.09 Å². The molecule has 22 heavy (non-hydrogen) atoms. The van der Waals surface area contributed by atoms with Gasteiger partial charge in [-0.1, -0.05) is 30.3 Å². The van der Waals surface area contributed by atoms with Crippen LogP contribution in [-0.4, -0.2) is 22.6 Å². The third-order valence-electron chi connectivity index (χ3n) is 3.74. The summed E-state index contributed by atoms with van der Waals surface area (Å²) in [6.45, 7) is 0.805. The number of amides is 1. The Labute approximate surface area is 127 Å². The van der Waals surface area contributed by atoms with Crippen LogP contribution < -0.4 is 0 Å². The number of halogens is 1. The van der Waals surface area contributed by atoms with Gasteiger partial charge in [0.05, 0.1) is 6.54 Å². The van der Waals surface area contributed by atoms with Gasteiger partial charge in [0.25, 0.3) is 0 Å². The van der Waals surface area contributed by atoms with Crippen molar-refractivity contribution in [1.82, 2.24) is 4.90 Å². The molecule has 4 nitrogen and oxygen atoms in total. The Kier molecular flexibility index (Phi) is 3.96. The zero-order valence-electron chi connectivity index (χ0n) is 12.0. The molecule has 0 saturated heterocycles. The van der Waals surface area contributed by atoms with Crippen molar-refractivity contribution in [2.45, 2.75) is 19.6 Å². The maximum absolute atomic E-state index is 13.9. The van der Waals surface area contributed by atoms with Crippen molar-refractivity contribution in [3.8, 4) is 5.75 Å². The number of aromatic hydroxyl groups is 1. The average molecular weight is 301 g/mol. The smallest absolute Gasteiger partial charge is 0.410 e. The lowest BCUT2D eigenvalue weighted by atomic mass is 9.99. The third kappa shape index (κ3) is 3.03. The Morgan fingerprint density at radius 2 is 2.05 bits per heavy atom. The van der Waals surface area contributed by atoms with Crippen LogP contribution in [0.5, 0.6) is 5.75 Å². The molecule has 0 aromatic heterocycles. The summed E-state index contributed by atoms with van der Waals surface area (Å²) >= 11 is 0. The van der Waals surface area contributed by atoms with E-state index in [0.717, 1.165) is 17.2 Å². The zero-order valence-corrected chi connectivity index (χ0v) is 12.0. The number of rotatable bonds is 2. The molecule has 114 valence electrons. The molecule has 0 aliphatic carbocycles. The molecule has 1 amide bonds. The van der Waals surface area contributed by atoms with E-state index < -0.39 is 11.9 Å². The number of benzene rings is 2. The summed E-state index contributed by atoms with van der Waals surface area (Å²) in [6, 6.07) is 12.0. The van der Waals surface area contributed by atoms with E-state index in [2.05, 4.69) is 0 Å². The Hall–Kier alpha value is -2.56. The maximum Gasteiger partial charge on any atom is 0.410 e. The summed E-state index contributed by atoms with van der Waals surface area (Å²) in [7, 11) is 0. The summed E-state index contributed by atoms with van der Waals surface area (Å²) in [4.78, 5) is 13.6. The van der Waals surface area contributed by atoms with Crippen LogP contribution in [0.2, 0.25) is 0 Å². The summed E-state index contributed by atoms with van der Waals surface area (Å²) < 4.78 is 19.1. The van der Waals surface area contributed by atoms with Crippen molar-refractivity contribution in [2.24, 2.45) is 0 Å². The van der Waals surface area contributed by atoms with Crippen molar-refractivity contribution < 1.29 is 19.0 Å². The van der Waals surface area contributed by atoms with Crippen molar-refractivity contribution in [2.75, 3.05) is 6.54 Å². The monoisotopic (exact) mass is 301 g/mol. The quantitative estimate of drug-likeness (QED) is 0.926. The third-order valence-corrected chi connectivity index (χ3v) is 3.74. The highest BCUT2D eigenvalue weighted by atomic mass is 19.1. The van der Waals surface area contributed by atoms with E-state index in [9.17, 15) is 14.3 Å². The number of carbonyl (C=O) groups excluding carboxylic acids is 1. The molecule has 1 N–H and O–H groups in total. The van der Waals surface area contributed by atoms with Gasteiger partial charge >= 0.3 is 6.09 Å². The van der Waals surface area contributed by atoms with Crippen LogP contribution in [0.3, 0.4) is 0 Å². The van der Waals surface area contributed by atoms with E-state index >= 15 is 0 Å². The highest BCUT2D eigenvalue weighted by Crippen LogP contribution is 2.26. The van der Waals surface area contributed by atoms with Gasteiger partial charge in [0, 0.05) is 18.2 Å². The number of carbonyl (C=O) groups is 1. The van der Waals surface area contributed by atoms with Crippen molar-refractivity contribution in [1.29, 1.82) is 0 Å². The van der Waals surface area contributed by atoms with Gasteiger partial charge in [-0.3, -0.25) is 0 Å². The molecule has 1 heterocycles. The molecule has 5 heteroatoms. The van der Waals surface area contributed by atoms with Gasteiger partial charge in [-0.15, -0.1) is 0 Å². The minimum atomic E-state index is -0.490. The molecule has 1 aliphatic heterocycles. The van der Waals surface area contributed by atoms with Crippen LogP contribution in [0, 0.1) is 5.82 Å². The van der Waals surface area contributed by atoms with Crippen LogP contribution in [0.25, 0.3) is 0 Å². The van der Waals surface area contributed by atoms with E-state index in [1.807, 2.05) is 30.3 Å². The average Bonchev–Trinajstić information content (AvgIpc) is 2.53. The molecular weight excluding hydrogens is 285 g/mol. The van der Waals surface area contributed by atoms with Crippen LogP contribution in [-0.2, 0) is 24.3 Å². The number of phenols is 1. The number of fused-ring (bicyclic) bond motifs is 1. The summed E-state index contributed by atoms with van der Waals surface area (Å²) in [5, 5.41) is 9.41. The first kappa shape index (κ1) is 14.4. The first-order valence-electron chi connectivity index (χ1n) is 7.09. The van der Waals surface area contributed by atoms with E-state index in [4.69, 9.17) is 4.74 Å². The molecule has 1 aliphatic rings. The Balaban J connectivity index is 1.65. The van der Waals surface area contributed by atoms with Crippen LogP contribution in [0.4, 0.5) is 9.18 Å². The fraction of sp³-hybridized carbons (Fsp3) is 0.235. The molecule has 0 radical (unpaired) electrons. The summed E-state index contributed by atoms with van der Waals surface area (Å²) in [5.74, 6) is -0.577. The molecule has 0 atom stereocenters. The molecule has 0 saturated carbocycles. The molecule has 0 unspecified atom stereocenters. The second kappa shape index (κ2) is 6.05. The lowest BCUT2D eigenvalue weighted by Crippen LogP contribution is -2.36. The SMILES string of the molecule is O=C(OCc1ccccc1)N1CCc2cc(O)cc(F)c2C1. The standard InChI is InChI=1S/C17H16FNO3/c18-16-9-14(20)8-13-6-7-19(10-15(13)16)17(21)22-11-12-4-2-1-3-5-12/h1-5,8-9,20H,6-7,10-11H2. The second-order valence-electron chi connectivity index (χ2n) is 5.28. The van der Waals surface area contributed by atoms with Crippen LogP contribution >= 0.6 is 0 Å². The molecule has 0 bridgehead atoms. The summed E-state index contributed by atoms with van der Waals surface area (Å²) in [6.07, 6.45) is 0.0446. The molecule has 2 aromatic carbocycles. The second-order valence-corrected chi connectivity index (χ2v) is 5.28. The topological polar surface area (TPSA) is 49.8 Å². The van der Waals surface area contributed by atoms with E-state index in [0.29, 0.717) is 18.5 Å². The molecule has 0 spiro atoms. The van der Waals surface area contributed by atoms with Crippen LogP contribution in [0.15, 0.2) is 42.5 Å². The normalized spacial score (nSPS) is 13.6. The molecular formula is C17H16FNO3. The lowest BCUT2D eigenvalue weighted by molar-refractivity contribution is 0.0913. The van der Waals surface area contributed by atoms with Crippen LogP contribution in [0.1, 0.15) is 16.7 Å². The van der Waals surface area contributed by atoms with Gasteiger partial charge in [-0.05, 0) is 23.6 Å². The van der Waals surface area contributed by atoms with Gasteiger partial charge in [0.1, 0.15) is 18.2 Å². The predicted molar refractivity (Wildman–Crippen MR) is 78.8 cm³/mol. The van der Waals surface area contributed by atoms with Crippen molar-refractivity contribution in [3.05, 3.63) is 65.0 Å². The Morgan fingerprint density at radius 3 is 2.82 bits per heavy atom. The van der Waals surface area contributed by atoms with Gasteiger partial charge in [0.2, 0.25) is 0 Å².